The quantitative estimate of drug-likeness (QED) is 0.740. The third-order valence-electron chi connectivity index (χ3n) is 2.72. The summed E-state index contributed by atoms with van der Waals surface area (Å²) in [4.78, 5) is 33.1. The van der Waals surface area contributed by atoms with Gasteiger partial charge in [0.2, 0.25) is 12.2 Å². The molecule has 0 aromatic carbocycles. The zero-order valence-corrected chi connectivity index (χ0v) is 11.7. The van der Waals surface area contributed by atoms with Crippen molar-refractivity contribution in [1.29, 1.82) is 0 Å². The number of rotatable bonds is 3. The molecule has 1 fully saturated rings. The molecule has 8 heteroatoms. The molecular weight excluding hydrogens is 273 g/mol. The molecule has 1 heterocycles. The van der Waals surface area contributed by atoms with E-state index in [4.69, 9.17) is 14.2 Å². The Morgan fingerprint density at radius 2 is 1.65 bits per heavy atom. The van der Waals surface area contributed by atoms with E-state index in [0.29, 0.717) is 0 Å². The van der Waals surface area contributed by atoms with Crippen molar-refractivity contribution in [3.05, 3.63) is 0 Å². The lowest BCUT2D eigenvalue weighted by Gasteiger charge is -2.41. The number of carbonyl (C=O) groups excluding carboxylic acids is 3. The number of hydrogen-bond acceptors (Lipinski definition) is 6. The summed E-state index contributed by atoms with van der Waals surface area (Å²) < 4.78 is 29.4. The molecule has 0 radical (unpaired) electrons. The molecule has 0 aliphatic carbocycles. The number of ether oxygens (including phenoxy) is 3. The van der Waals surface area contributed by atoms with Gasteiger partial charge in [-0.2, -0.15) is 0 Å². The Morgan fingerprint density at radius 3 is 2.10 bits per heavy atom. The van der Waals surface area contributed by atoms with Crippen molar-refractivity contribution < 1.29 is 33.0 Å². The molecule has 0 spiro atoms. The van der Waals surface area contributed by atoms with Crippen LogP contribution in [0.3, 0.4) is 0 Å². The molecule has 1 saturated heterocycles. The molecule has 0 unspecified atom stereocenters. The highest BCUT2D eigenvalue weighted by atomic mass is 19.1. The maximum absolute atomic E-state index is 14.4. The third kappa shape index (κ3) is 4.16. The van der Waals surface area contributed by atoms with Crippen LogP contribution in [-0.2, 0) is 28.6 Å². The molecule has 0 saturated carbocycles. The summed E-state index contributed by atoms with van der Waals surface area (Å²) >= 11 is 0. The minimum atomic E-state index is -1.75. The molecular formula is C12H18FNO6. The summed E-state index contributed by atoms with van der Waals surface area (Å²) in [5.41, 5.74) is 0. The van der Waals surface area contributed by atoms with Crippen molar-refractivity contribution in [3.8, 4) is 0 Å². The van der Waals surface area contributed by atoms with Gasteiger partial charge in [-0.3, -0.25) is 14.4 Å². The SMILES string of the molecule is CC(=O)N[C@H]1[C@@H](OC(C)=O)O[C@H](C)[C@H](OC(C)=O)[C@@H]1F. The van der Waals surface area contributed by atoms with Gasteiger partial charge >= 0.3 is 11.9 Å². The molecule has 5 atom stereocenters. The van der Waals surface area contributed by atoms with Gasteiger partial charge in [-0.25, -0.2) is 4.39 Å². The second kappa shape index (κ2) is 6.65. The maximum atomic E-state index is 14.4. The number of halogens is 1. The van der Waals surface area contributed by atoms with Gasteiger partial charge in [0.05, 0.1) is 6.10 Å². The van der Waals surface area contributed by atoms with Crippen LogP contribution in [0, 0.1) is 0 Å². The van der Waals surface area contributed by atoms with Crippen LogP contribution in [0.1, 0.15) is 27.7 Å². The summed E-state index contributed by atoms with van der Waals surface area (Å²) in [6, 6.07) is -1.24. The topological polar surface area (TPSA) is 90.9 Å². The van der Waals surface area contributed by atoms with Gasteiger partial charge in [0.15, 0.2) is 12.3 Å². The zero-order chi connectivity index (χ0) is 15.4. The van der Waals surface area contributed by atoms with E-state index < -0.39 is 48.6 Å². The lowest BCUT2D eigenvalue weighted by Crippen LogP contribution is -2.62. The van der Waals surface area contributed by atoms with Crippen LogP contribution in [0.4, 0.5) is 4.39 Å². The minimum absolute atomic E-state index is 0.519. The molecule has 0 aromatic heterocycles. The Morgan fingerprint density at radius 1 is 1.10 bits per heavy atom. The second-order valence-electron chi connectivity index (χ2n) is 4.56. The standard InChI is InChI=1S/C12H18FNO6/c1-5-11(19-7(3)16)9(13)10(14-6(2)15)12(18-5)20-8(4)17/h5,9-12H,1-4H3,(H,14,15)/t5-,9-,10-,11+,12-/m1/s1. The molecule has 1 aliphatic heterocycles. The van der Waals surface area contributed by atoms with Crippen LogP contribution >= 0.6 is 0 Å². The van der Waals surface area contributed by atoms with Crippen LogP contribution in [-0.4, -0.2) is 48.6 Å². The molecule has 20 heavy (non-hydrogen) atoms. The van der Waals surface area contributed by atoms with Gasteiger partial charge < -0.3 is 19.5 Å². The third-order valence-corrected chi connectivity index (χ3v) is 2.72. The summed E-state index contributed by atoms with van der Waals surface area (Å²) in [5.74, 6) is -1.86. The Kier molecular flexibility index (Phi) is 5.43. The number of carbonyl (C=O) groups is 3. The Labute approximate surface area is 115 Å². The van der Waals surface area contributed by atoms with E-state index in [1.807, 2.05) is 0 Å². The number of esters is 2. The average Bonchev–Trinajstić information content (AvgIpc) is 2.28. The van der Waals surface area contributed by atoms with Crippen LogP contribution in [0.2, 0.25) is 0 Å². The average molecular weight is 291 g/mol. The molecule has 1 rings (SSSR count). The Hall–Kier alpha value is -1.70. The van der Waals surface area contributed by atoms with Gasteiger partial charge in [0, 0.05) is 20.8 Å². The van der Waals surface area contributed by atoms with E-state index >= 15 is 0 Å². The fraction of sp³-hybridized carbons (Fsp3) is 0.750. The van der Waals surface area contributed by atoms with Crippen molar-refractivity contribution >= 4 is 17.8 Å². The lowest BCUT2D eigenvalue weighted by atomic mass is 9.98. The predicted octanol–water partition coefficient (Wildman–Crippen LogP) is 0.0688. The van der Waals surface area contributed by atoms with Gasteiger partial charge in [0.25, 0.3) is 0 Å². The van der Waals surface area contributed by atoms with Crippen molar-refractivity contribution in [3.63, 3.8) is 0 Å². The maximum Gasteiger partial charge on any atom is 0.305 e. The smallest absolute Gasteiger partial charge is 0.305 e. The number of hydrogen-bond donors (Lipinski definition) is 1. The van der Waals surface area contributed by atoms with Gasteiger partial charge in [0.1, 0.15) is 6.04 Å². The van der Waals surface area contributed by atoms with Crippen molar-refractivity contribution in [2.75, 3.05) is 0 Å². The first kappa shape index (κ1) is 16.4. The fourth-order valence-corrected chi connectivity index (χ4v) is 1.99. The van der Waals surface area contributed by atoms with Crippen LogP contribution in [0.25, 0.3) is 0 Å². The van der Waals surface area contributed by atoms with E-state index in [2.05, 4.69) is 5.32 Å². The van der Waals surface area contributed by atoms with Crippen molar-refractivity contribution in [2.45, 2.75) is 58.4 Å². The normalized spacial score (nSPS) is 33.1. The molecule has 0 aromatic rings. The first-order valence-electron chi connectivity index (χ1n) is 6.13. The van der Waals surface area contributed by atoms with Gasteiger partial charge in [-0.15, -0.1) is 0 Å². The number of alkyl halides is 1. The van der Waals surface area contributed by atoms with Crippen molar-refractivity contribution in [2.24, 2.45) is 0 Å². The summed E-state index contributed by atoms with van der Waals surface area (Å²) in [6.07, 6.45) is -5.02. The van der Waals surface area contributed by atoms with Crippen LogP contribution < -0.4 is 5.32 Å². The molecule has 114 valence electrons. The number of amides is 1. The lowest BCUT2D eigenvalue weighted by molar-refractivity contribution is -0.248. The van der Waals surface area contributed by atoms with E-state index in [1.165, 1.54) is 13.8 Å². The fourth-order valence-electron chi connectivity index (χ4n) is 1.99. The highest BCUT2D eigenvalue weighted by Gasteiger charge is 2.48. The number of nitrogens with one attached hydrogen (secondary N) is 1. The highest BCUT2D eigenvalue weighted by Crippen LogP contribution is 2.26. The molecule has 7 nitrogen and oxygen atoms in total. The first-order chi connectivity index (χ1) is 9.22. The van der Waals surface area contributed by atoms with Crippen LogP contribution in [0.15, 0.2) is 0 Å². The van der Waals surface area contributed by atoms with E-state index in [9.17, 15) is 18.8 Å². The Bertz CT molecular complexity index is 401. The Balaban J connectivity index is 2.92. The summed E-state index contributed by atoms with van der Waals surface area (Å²) in [5, 5.41) is 2.30. The highest BCUT2D eigenvalue weighted by molar-refractivity contribution is 5.73. The first-order valence-corrected chi connectivity index (χ1v) is 6.13. The monoisotopic (exact) mass is 291 g/mol. The van der Waals surface area contributed by atoms with E-state index in [0.717, 1.165) is 13.8 Å². The largest absolute Gasteiger partial charge is 0.457 e. The van der Waals surface area contributed by atoms with Crippen molar-refractivity contribution in [1.82, 2.24) is 5.32 Å². The molecule has 1 aliphatic rings. The summed E-state index contributed by atoms with van der Waals surface area (Å²) in [6.45, 7) is 4.96. The van der Waals surface area contributed by atoms with Gasteiger partial charge in [-0.05, 0) is 6.92 Å². The summed E-state index contributed by atoms with van der Waals surface area (Å²) in [7, 11) is 0. The molecule has 0 bridgehead atoms. The zero-order valence-electron chi connectivity index (χ0n) is 11.7. The second-order valence-corrected chi connectivity index (χ2v) is 4.56. The van der Waals surface area contributed by atoms with Crippen LogP contribution in [0.5, 0.6) is 0 Å². The van der Waals surface area contributed by atoms with Gasteiger partial charge in [-0.1, -0.05) is 0 Å². The predicted molar refractivity (Wildman–Crippen MR) is 64.2 cm³/mol. The van der Waals surface area contributed by atoms with E-state index in [1.54, 1.807) is 0 Å². The minimum Gasteiger partial charge on any atom is -0.457 e. The molecule has 1 N–H and O–H groups in total. The van der Waals surface area contributed by atoms with E-state index in [-0.39, 0.29) is 0 Å². The molecule has 1 amide bonds.